The minimum atomic E-state index is -0.991. The molecule has 7 N–H and O–H groups in total. The molecule has 40 heavy (non-hydrogen) atoms. The van der Waals surface area contributed by atoms with E-state index in [1.54, 1.807) is 73.8 Å². The molecule has 0 spiro atoms. The molecule has 10 nitrogen and oxygen atoms in total. The molecular weight excluding hydrogens is 556 g/mol. The highest BCUT2D eigenvalue weighted by atomic mass is 35.5. The number of halogens is 1. The molecule has 0 unspecified atom stereocenters. The number of pyridine rings is 1. The Morgan fingerprint density at radius 3 is 2.20 bits per heavy atom. The Morgan fingerprint density at radius 2 is 1.62 bits per heavy atom. The number of carbonyl (C=O) groups excluding carboxylic acids is 1. The number of carboxylic acids is 2. The van der Waals surface area contributed by atoms with E-state index in [1.807, 2.05) is 29.6 Å². The third-order valence-electron chi connectivity index (χ3n) is 5.11. The molecule has 3 atom stereocenters. The van der Waals surface area contributed by atoms with E-state index in [-0.39, 0.29) is 0 Å². The summed E-state index contributed by atoms with van der Waals surface area (Å²) in [6.07, 6.45) is 1.93. The van der Waals surface area contributed by atoms with Gasteiger partial charge in [-0.15, -0.1) is 11.3 Å². The van der Waals surface area contributed by atoms with Gasteiger partial charge in [0, 0.05) is 26.7 Å². The maximum Gasteiger partial charge on any atom is 0.328 e. The molecule has 2 heterocycles. The van der Waals surface area contributed by atoms with Crippen LogP contribution in [0.15, 0.2) is 78.3 Å². The van der Waals surface area contributed by atoms with Crippen LogP contribution in [-0.4, -0.2) is 51.2 Å². The summed E-state index contributed by atoms with van der Waals surface area (Å²) in [5.74, 6) is -1.11. The first-order chi connectivity index (χ1) is 19.0. The highest BCUT2D eigenvalue weighted by Crippen LogP contribution is 2.31. The number of benzene rings is 2. The number of carboxylic acid groups (broad SMARTS) is 2. The van der Waals surface area contributed by atoms with Crippen LogP contribution in [0, 0.1) is 0 Å². The lowest BCUT2D eigenvalue weighted by molar-refractivity contribution is -0.139. The van der Waals surface area contributed by atoms with Crippen molar-refractivity contribution >= 4 is 56.7 Å². The Labute approximate surface area is 240 Å². The summed E-state index contributed by atoms with van der Waals surface area (Å²) in [6.45, 7) is 3.17. The fraction of sp³-hybridized carbons (Fsp3) is 0.214. The van der Waals surface area contributed by atoms with E-state index in [0.717, 1.165) is 15.6 Å². The summed E-state index contributed by atoms with van der Waals surface area (Å²) in [4.78, 5) is 36.1. The molecule has 2 aromatic heterocycles. The van der Waals surface area contributed by atoms with Gasteiger partial charge in [0.05, 0.1) is 0 Å². The molecule has 0 bridgehead atoms. The number of rotatable bonds is 8. The van der Waals surface area contributed by atoms with Gasteiger partial charge in [0.2, 0.25) is 0 Å². The van der Waals surface area contributed by atoms with Crippen molar-refractivity contribution in [3.05, 3.63) is 88.9 Å². The molecule has 0 aliphatic rings. The number of nitrogens with one attached hydrogen (secondary N) is 1. The van der Waals surface area contributed by atoms with Crippen molar-refractivity contribution in [2.24, 2.45) is 11.5 Å². The Balaban J connectivity index is 0.000000212. The van der Waals surface area contributed by atoms with Crippen molar-refractivity contribution in [3.63, 3.8) is 0 Å². The first-order valence-electron chi connectivity index (χ1n) is 12.0. The predicted molar refractivity (Wildman–Crippen MR) is 157 cm³/mol. The van der Waals surface area contributed by atoms with Gasteiger partial charge < -0.3 is 31.7 Å². The molecule has 0 fully saturated rings. The summed E-state index contributed by atoms with van der Waals surface area (Å²) >= 11 is 7.21. The molecule has 0 amide bonds. The monoisotopic (exact) mass is 586 g/mol. The summed E-state index contributed by atoms with van der Waals surface area (Å²) in [5, 5.41) is 23.2. The van der Waals surface area contributed by atoms with Crippen LogP contribution in [0.1, 0.15) is 19.4 Å². The van der Waals surface area contributed by atoms with Crippen LogP contribution in [0.5, 0.6) is 5.75 Å². The first kappa shape index (κ1) is 32.2. The van der Waals surface area contributed by atoms with E-state index in [0.29, 0.717) is 23.0 Å². The molecule has 0 aliphatic carbocycles. The van der Waals surface area contributed by atoms with Crippen molar-refractivity contribution in [2.45, 2.75) is 38.4 Å². The second-order valence-corrected chi connectivity index (χ2v) is 9.85. The summed E-state index contributed by atoms with van der Waals surface area (Å²) in [5.41, 5.74) is 11.7. The SMILES string of the molecule is C[C@H](N)C(=O)Oc1csc2ccccc12.C[C@H](Nc1ccccn1)C(=O)O.N[C@@H](Cc1ccc(Cl)cc1)C(=O)O. The minimum Gasteiger partial charge on any atom is -0.480 e. The molecule has 212 valence electrons. The van der Waals surface area contributed by atoms with E-state index in [2.05, 4.69) is 10.3 Å². The van der Waals surface area contributed by atoms with E-state index in [1.165, 1.54) is 0 Å². The maximum absolute atomic E-state index is 11.3. The van der Waals surface area contributed by atoms with Crippen LogP contribution in [0.4, 0.5) is 5.82 Å². The molecule has 2 aromatic carbocycles. The zero-order valence-corrected chi connectivity index (χ0v) is 23.4. The Bertz CT molecular complexity index is 1380. The molecule has 12 heteroatoms. The van der Waals surface area contributed by atoms with Gasteiger partial charge in [0.25, 0.3) is 0 Å². The second kappa shape index (κ2) is 16.2. The number of nitrogens with two attached hydrogens (primary N) is 2. The Hall–Kier alpha value is -4.03. The van der Waals surface area contributed by atoms with Gasteiger partial charge in [-0.2, -0.15) is 0 Å². The quantitative estimate of drug-likeness (QED) is 0.186. The number of fused-ring (bicyclic) bond motifs is 1. The molecule has 4 aromatic rings. The fourth-order valence-electron chi connectivity index (χ4n) is 2.93. The number of aromatic nitrogens is 1. The first-order valence-corrected chi connectivity index (χ1v) is 13.3. The van der Waals surface area contributed by atoms with Crippen LogP contribution in [0.2, 0.25) is 5.02 Å². The third kappa shape index (κ3) is 11.0. The van der Waals surface area contributed by atoms with Crippen molar-refractivity contribution in [1.82, 2.24) is 4.98 Å². The van der Waals surface area contributed by atoms with Crippen LogP contribution >= 0.6 is 22.9 Å². The van der Waals surface area contributed by atoms with Crippen LogP contribution in [0.25, 0.3) is 10.1 Å². The molecular formula is C28H31ClN4O6S. The van der Waals surface area contributed by atoms with Gasteiger partial charge in [-0.05, 0) is 62.2 Å². The van der Waals surface area contributed by atoms with Crippen LogP contribution in [-0.2, 0) is 20.8 Å². The highest BCUT2D eigenvalue weighted by Gasteiger charge is 2.13. The Kier molecular flexibility index (Phi) is 13.0. The lowest BCUT2D eigenvalue weighted by Gasteiger charge is -2.08. The second-order valence-electron chi connectivity index (χ2n) is 8.50. The van der Waals surface area contributed by atoms with Gasteiger partial charge in [0.1, 0.15) is 29.7 Å². The molecule has 0 aliphatic heterocycles. The number of esters is 1. The van der Waals surface area contributed by atoms with Gasteiger partial charge in [0.15, 0.2) is 0 Å². The predicted octanol–water partition coefficient (Wildman–Crippen LogP) is 4.41. The zero-order chi connectivity index (χ0) is 29.7. The average Bonchev–Trinajstić information content (AvgIpc) is 3.33. The summed E-state index contributed by atoms with van der Waals surface area (Å²) in [7, 11) is 0. The number of hydrogen-bond donors (Lipinski definition) is 5. The Morgan fingerprint density at radius 1 is 0.975 bits per heavy atom. The van der Waals surface area contributed by atoms with E-state index < -0.39 is 36.0 Å². The van der Waals surface area contributed by atoms with E-state index in [9.17, 15) is 14.4 Å². The number of carbonyl (C=O) groups is 3. The fourth-order valence-corrected chi connectivity index (χ4v) is 3.92. The molecule has 4 rings (SSSR count). The largest absolute Gasteiger partial charge is 0.480 e. The van der Waals surface area contributed by atoms with E-state index in [4.69, 9.17) is 38.0 Å². The summed E-state index contributed by atoms with van der Waals surface area (Å²) < 4.78 is 6.28. The average molecular weight is 587 g/mol. The number of thiophene rings is 1. The van der Waals surface area contributed by atoms with Gasteiger partial charge >= 0.3 is 17.9 Å². The number of nitrogens with zero attached hydrogens (tertiary/aromatic N) is 1. The van der Waals surface area contributed by atoms with Crippen LogP contribution < -0.4 is 21.5 Å². The molecule has 0 saturated carbocycles. The maximum atomic E-state index is 11.3. The topological polar surface area (TPSA) is 178 Å². The number of hydrogen-bond acceptors (Lipinski definition) is 9. The van der Waals surface area contributed by atoms with Gasteiger partial charge in [-0.3, -0.25) is 9.59 Å². The smallest absolute Gasteiger partial charge is 0.328 e. The van der Waals surface area contributed by atoms with Crippen LogP contribution in [0.3, 0.4) is 0 Å². The third-order valence-corrected chi connectivity index (χ3v) is 6.31. The highest BCUT2D eigenvalue weighted by molar-refractivity contribution is 7.17. The van der Waals surface area contributed by atoms with Crippen molar-refractivity contribution < 1.29 is 29.3 Å². The van der Waals surface area contributed by atoms with Gasteiger partial charge in [-0.25, -0.2) is 9.78 Å². The van der Waals surface area contributed by atoms with Crippen molar-refractivity contribution in [1.29, 1.82) is 0 Å². The lowest BCUT2D eigenvalue weighted by atomic mass is 10.1. The van der Waals surface area contributed by atoms with Gasteiger partial charge in [-0.1, -0.05) is 41.9 Å². The summed E-state index contributed by atoms with van der Waals surface area (Å²) in [6, 6.07) is 18.0. The van der Waals surface area contributed by atoms with E-state index >= 15 is 0 Å². The number of anilines is 1. The standard InChI is InChI=1S/C11H11NO2S.C9H10ClNO2.C8H10N2O2/c1-7(12)11(13)14-9-6-15-10-5-3-2-4-8(9)10;10-7-3-1-6(2-4-7)5-8(11)9(12)13;1-6(8(11)12)10-7-4-2-3-5-9-7/h2-7H,12H2,1H3;1-4,8H,5,11H2,(H,12,13);2-6H,1H3,(H,9,10)(H,11,12)/t7-;8-;6-/m000/s1. The molecule has 0 saturated heterocycles. The zero-order valence-electron chi connectivity index (χ0n) is 21.9. The number of ether oxygens (including phenoxy) is 1. The lowest BCUT2D eigenvalue weighted by Crippen LogP contribution is -2.32. The normalized spacial score (nSPS) is 12.4. The molecule has 0 radical (unpaired) electrons. The minimum absolute atomic E-state index is 0.326. The van der Waals surface area contributed by atoms with Crippen molar-refractivity contribution in [3.8, 4) is 5.75 Å². The van der Waals surface area contributed by atoms with Crippen molar-refractivity contribution in [2.75, 3.05) is 5.32 Å². The number of aliphatic carboxylic acids is 2.